The maximum absolute atomic E-state index is 11.3. The summed E-state index contributed by atoms with van der Waals surface area (Å²) in [6.45, 7) is -0.00121. The smallest absolute Gasteiger partial charge is 0.265 e. The molecule has 0 bridgehead atoms. The summed E-state index contributed by atoms with van der Waals surface area (Å²) in [5, 5.41) is 0. The van der Waals surface area contributed by atoms with Crippen LogP contribution in [-0.2, 0) is 14.3 Å². The van der Waals surface area contributed by atoms with E-state index in [1.165, 1.54) is 12.1 Å². The molecule has 0 amide bonds. The first kappa shape index (κ1) is 10.5. The van der Waals surface area contributed by atoms with E-state index in [9.17, 15) is 8.42 Å². The molecule has 0 aliphatic heterocycles. The lowest BCUT2D eigenvalue weighted by atomic mass is 10.4. The molecule has 0 saturated heterocycles. The second-order valence-corrected chi connectivity index (χ2v) is 4.27. The van der Waals surface area contributed by atoms with Gasteiger partial charge in [-0.1, -0.05) is 18.2 Å². The second kappa shape index (κ2) is 4.60. The van der Waals surface area contributed by atoms with E-state index in [4.69, 9.17) is 11.6 Å². The van der Waals surface area contributed by atoms with Crippen LogP contribution >= 0.6 is 11.6 Å². The predicted octanol–water partition coefficient (Wildman–Crippen LogP) is 1.63. The Morgan fingerprint density at radius 3 is 2.38 bits per heavy atom. The van der Waals surface area contributed by atoms with Crippen molar-refractivity contribution in [1.29, 1.82) is 0 Å². The van der Waals surface area contributed by atoms with E-state index >= 15 is 0 Å². The fourth-order valence-electron chi connectivity index (χ4n) is 0.796. The number of hydrogen-bond donors (Lipinski definition) is 0. The van der Waals surface area contributed by atoms with Crippen molar-refractivity contribution in [2.24, 2.45) is 0 Å². The molecule has 0 heterocycles. The average Bonchev–Trinajstić information content (AvgIpc) is 2.16. The van der Waals surface area contributed by atoms with E-state index in [1.807, 2.05) is 0 Å². The Hall–Kier alpha value is -0.580. The molecule has 0 N–H and O–H groups in total. The van der Waals surface area contributed by atoms with Crippen molar-refractivity contribution in [3.63, 3.8) is 0 Å². The highest BCUT2D eigenvalue weighted by Gasteiger charge is 2.13. The Morgan fingerprint density at radius 1 is 1.23 bits per heavy atom. The molecule has 0 atom stereocenters. The SMILES string of the molecule is O=S(=O)(OCCCl)c1ccccc1. The van der Waals surface area contributed by atoms with Crippen molar-refractivity contribution >= 4 is 21.7 Å². The normalized spacial score (nSPS) is 11.5. The van der Waals surface area contributed by atoms with E-state index in [1.54, 1.807) is 18.2 Å². The van der Waals surface area contributed by atoms with Gasteiger partial charge >= 0.3 is 0 Å². The number of halogens is 1. The van der Waals surface area contributed by atoms with Crippen molar-refractivity contribution in [2.75, 3.05) is 12.5 Å². The van der Waals surface area contributed by atoms with E-state index in [2.05, 4.69) is 4.18 Å². The summed E-state index contributed by atoms with van der Waals surface area (Å²) in [7, 11) is -3.61. The summed E-state index contributed by atoms with van der Waals surface area (Å²) >= 11 is 5.31. The molecule has 1 aromatic rings. The lowest BCUT2D eigenvalue weighted by molar-refractivity contribution is 0.340. The third-order valence-corrected chi connectivity index (χ3v) is 2.83. The minimum atomic E-state index is -3.61. The molecule has 0 fully saturated rings. The van der Waals surface area contributed by atoms with Gasteiger partial charge in [0.2, 0.25) is 0 Å². The average molecular weight is 221 g/mol. The molecule has 5 heteroatoms. The topological polar surface area (TPSA) is 43.4 Å². The maximum Gasteiger partial charge on any atom is 0.297 e. The minimum Gasteiger partial charge on any atom is -0.265 e. The van der Waals surface area contributed by atoms with Crippen LogP contribution in [-0.4, -0.2) is 20.9 Å². The van der Waals surface area contributed by atoms with E-state index < -0.39 is 10.1 Å². The summed E-state index contributed by atoms with van der Waals surface area (Å²) in [5.41, 5.74) is 0. The van der Waals surface area contributed by atoms with E-state index in [-0.39, 0.29) is 17.4 Å². The molecule has 0 aliphatic rings. The van der Waals surface area contributed by atoms with Crippen LogP contribution in [0.4, 0.5) is 0 Å². The van der Waals surface area contributed by atoms with Crippen LogP contribution in [0, 0.1) is 0 Å². The molecule has 0 aromatic heterocycles. The summed E-state index contributed by atoms with van der Waals surface area (Å²) in [6.07, 6.45) is 0. The Bertz CT molecular complexity index is 347. The quantitative estimate of drug-likeness (QED) is 0.572. The number of hydrogen-bond acceptors (Lipinski definition) is 3. The third kappa shape index (κ3) is 2.99. The van der Waals surface area contributed by atoms with Gasteiger partial charge in [-0.2, -0.15) is 8.42 Å². The molecule has 0 aliphatic carbocycles. The van der Waals surface area contributed by atoms with Crippen LogP contribution in [0.2, 0.25) is 0 Å². The molecule has 0 saturated carbocycles. The largest absolute Gasteiger partial charge is 0.297 e. The fourth-order valence-corrected chi connectivity index (χ4v) is 1.89. The van der Waals surface area contributed by atoms with Gasteiger partial charge in [-0.15, -0.1) is 11.6 Å². The van der Waals surface area contributed by atoms with Gasteiger partial charge < -0.3 is 0 Å². The fraction of sp³-hybridized carbons (Fsp3) is 0.250. The minimum absolute atomic E-state index is 0.00121. The molecular formula is C8H9ClO3S. The predicted molar refractivity (Wildman–Crippen MR) is 50.3 cm³/mol. The maximum atomic E-state index is 11.3. The zero-order valence-electron chi connectivity index (χ0n) is 6.81. The monoisotopic (exact) mass is 220 g/mol. The summed E-state index contributed by atoms with van der Waals surface area (Å²) in [6, 6.07) is 7.96. The van der Waals surface area contributed by atoms with Crippen molar-refractivity contribution < 1.29 is 12.6 Å². The Labute approximate surface area is 82.4 Å². The molecule has 13 heavy (non-hydrogen) atoms. The molecule has 0 radical (unpaired) electrons. The highest BCUT2D eigenvalue weighted by molar-refractivity contribution is 7.86. The zero-order chi connectivity index (χ0) is 9.73. The van der Waals surface area contributed by atoms with Gasteiger partial charge in [-0.3, -0.25) is 4.18 Å². The molecule has 0 unspecified atom stereocenters. The van der Waals surface area contributed by atoms with Crippen LogP contribution in [0.1, 0.15) is 0 Å². The number of rotatable bonds is 4. The van der Waals surface area contributed by atoms with Gasteiger partial charge in [0.1, 0.15) is 0 Å². The highest BCUT2D eigenvalue weighted by atomic mass is 35.5. The standard InChI is InChI=1S/C8H9ClO3S/c9-6-7-12-13(10,11)8-4-2-1-3-5-8/h1-5H,6-7H2. The summed E-state index contributed by atoms with van der Waals surface area (Å²) in [5.74, 6) is 0.159. The zero-order valence-corrected chi connectivity index (χ0v) is 8.38. The van der Waals surface area contributed by atoms with Crippen LogP contribution < -0.4 is 0 Å². The molecular weight excluding hydrogens is 212 g/mol. The first-order valence-electron chi connectivity index (χ1n) is 3.67. The lowest BCUT2D eigenvalue weighted by Gasteiger charge is -2.02. The van der Waals surface area contributed by atoms with Crippen LogP contribution in [0.5, 0.6) is 0 Å². The third-order valence-electron chi connectivity index (χ3n) is 1.35. The van der Waals surface area contributed by atoms with Gasteiger partial charge in [0, 0.05) is 5.88 Å². The lowest BCUT2D eigenvalue weighted by Crippen LogP contribution is -2.07. The summed E-state index contributed by atoms with van der Waals surface area (Å²) < 4.78 is 27.2. The Kier molecular flexibility index (Phi) is 3.71. The number of alkyl halides is 1. The van der Waals surface area contributed by atoms with E-state index in [0.717, 1.165) is 0 Å². The molecule has 1 rings (SSSR count). The Balaban J connectivity index is 2.83. The molecule has 72 valence electrons. The summed E-state index contributed by atoms with van der Waals surface area (Å²) in [4.78, 5) is 0.153. The van der Waals surface area contributed by atoms with Crippen LogP contribution in [0.15, 0.2) is 35.2 Å². The van der Waals surface area contributed by atoms with Crippen LogP contribution in [0.3, 0.4) is 0 Å². The molecule has 3 nitrogen and oxygen atoms in total. The Morgan fingerprint density at radius 2 is 1.85 bits per heavy atom. The number of benzene rings is 1. The first-order chi connectivity index (χ1) is 6.17. The first-order valence-corrected chi connectivity index (χ1v) is 5.61. The van der Waals surface area contributed by atoms with E-state index in [0.29, 0.717) is 0 Å². The van der Waals surface area contributed by atoms with Gasteiger partial charge in [0.05, 0.1) is 11.5 Å². The van der Waals surface area contributed by atoms with Crippen LogP contribution in [0.25, 0.3) is 0 Å². The van der Waals surface area contributed by atoms with Crippen molar-refractivity contribution in [1.82, 2.24) is 0 Å². The molecule has 1 aromatic carbocycles. The van der Waals surface area contributed by atoms with Crippen molar-refractivity contribution in [3.8, 4) is 0 Å². The van der Waals surface area contributed by atoms with Gasteiger partial charge in [-0.25, -0.2) is 0 Å². The van der Waals surface area contributed by atoms with Gasteiger partial charge in [0.15, 0.2) is 0 Å². The van der Waals surface area contributed by atoms with Gasteiger partial charge in [0.25, 0.3) is 10.1 Å². The highest BCUT2D eigenvalue weighted by Crippen LogP contribution is 2.10. The second-order valence-electron chi connectivity index (χ2n) is 2.28. The van der Waals surface area contributed by atoms with Crippen molar-refractivity contribution in [2.45, 2.75) is 4.90 Å². The molecule has 0 spiro atoms. The van der Waals surface area contributed by atoms with Crippen molar-refractivity contribution in [3.05, 3.63) is 30.3 Å². The van der Waals surface area contributed by atoms with Gasteiger partial charge in [-0.05, 0) is 12.1 Å².